The molecule has 1 amide bonds. The maximum atomic E-state index is 12.6. The lowest BCUT2D eigenvalue weighted by atomic mass is 10.2. The molecule has 1 aromatic carbocycles. The Balaban J connectivity index is 2.94. The highest BCUT2D eigenvalue weighted by molar-refractivity contribution is 7.89. The maximum Gasteiger partial charge on any atom is 0.340 e. The van der Waals surface area contributed by atoms with Gasteiger partial charge in [-0.3, -0.25) is 4.79 Å². The number of ether oxygens (including phenoxy) is 1. The molecule has 0 aliphatic heterocycles. The molecule has 0 aliphatic rings. The number of nitrogens with zero attached hydrogens (tertiary/aromatic N) is 1. The number of carbonyl (C=O) groups excluding carboxylic acids is 2. The van der Waals surface area contributed by atoms with E-state index in [9.17, 15) is 18.0 Å². The highest BCUT2D eigenvalue weighted by Gasteiger charge is 2.24. The highest BCUT2D eigenvalue weighted by Crippen LogP contribution is 2.23. The highest BCUT2D eigenvalue weighted by atomic mass is 35.5. The van der Waals surface area contributed by atoms with Crippen LogP contribution in [0.3, 0.4) is 0 Å². The van der Waals surface area contributed by atoms with Gasteiger partial charge in [-0.05, 0) is 31.0 Å². The van der Waals surface area contributed by atoms with Gasteiger partial charge in [-0.2, -0.15) is 4.31 Å². The first-order valence-corrected chi connectivity index (χ1v) is 10.8. The zero-order valence-corrected chi connectivity index (χ0v) is 17.7. The van der Waals surface area contributed by atoms with Crippen LogP contribution in [0.2, 0.25) is 5.02 Å². The lowest BCUT2D eigenvalue weighted by molar-refractivity contribution is -0.125. The fourth-order valence-electron chi connectivity index (χ4n) is 2.50. The molecule has 0 bridgehead atoms. The zero-order valence-electron chi connectivity index (χ0n) is 16.1. The average Bonchev–Trinajstić information content (AvgIpc) is 2.65. The first-order chi connectivity index (χ1) is 12.7. The second-order valence-electron chi connectivity index (χ2n) is 5.89. The minimum Gasteiger partial charge on any atom is -0.452 e. The monoisotopic (exact) mass is 418 g/mol. The molecule has 1 aromatic rings. The topological polar surface area (TPSA) is 92.8 Å². The Morgan fingerprint density at radius 2 is 1.74 bits per heavy atom. The van der Waals surface area contributed by atoms with Crippen LogP contribution in [0.15, 0.2) is 23.1 Å². The number of hydrogen-bond acceptors (Lipinski definition) is 5. The molecule has 27 heavy (non-hydrogen) atoms. The van der Waals surface area contributed by atoms with Gasteiger partial charge in [0.05, 0.1) is 15.5 Å². The van der Waals surface area contributed by atoms with Gasteiger partial charge in [0.2, 0.25) is 10.0 Å². The number of carbonyl (C=O) groups is 2. The zero-order chi connectivity index (χ0) is 20.6. The summed E-state index contributed by atoms with van der Waals surface area (Å²) in [5.74, 6) is -1.27. The summed E-state index contributed by atoms with van der Waals surface area (Å²) >= 11 is 6.02. The van der Waals surface area contributed by atoms with Crippen molar-refractivity contribution in [1.82, 2.24) is 9.62 Å². The van der Waals surface area contributed by atoms with E-state index in [2.05, 4.69) is 5.32 Å². The maximum absolute atomic E-state index is 12.6. The minimum absolute atomic E-state index is 0.0160. The summed E-state index contributed by atoms with van der Waals surface area (Å²) in [6, 6.07) is 3.87. The predicted molar refractivity (Wildman–Crippen MR) is 104 cm³/mol. The molecule has 0 fully saturated rings. The Kier molecular flexibility index (Phi) is 9.21. The molecule has 9 heteroatoms. The second-order valence-corrected chi connectivity index (χ2v) is 8.23. The van der Waals surface area contributed by atoms with Crippen LogP contribution >= 0.6 is 11.6 Å². The molecule has 0 heterocycles. The summed E-state index contributed by atoms with van der Waals surface area (Å²) in [6.07, 6.45) is 1.54. The lowest BCUT2D eigenvalue weighted by Gasteiger charge is -2.19. The van der Waals surface area contributed by atoms with E-state index in [1.165, 1.54) is 22.5 Å². The molecule has 0 atom stereocenters. The van der Waals surface area contributed by atoms with Crippen LogP contribution in [-0.4, -0.2) is 50.3 Å². The molecule has 7 nitrogen and oxygen atoms in total. The van der Waals surface area contributed by atoms with Gasteiger partial charge in [-0.1, -0.05) is 39.3 Å². The third-order valence-electron chi connectivity index (χ3n) is 4.19. The van der Waals surface area contributed by atoms with Crippen LogP contribution in [0.1, 0.15) is 50.9 Å². The molecule has 0 saturated carbocycles. The molecule has 0 unspecified atom stereocenters. The number of esters is 1. The first kappa shape index (κ1) is 23.4. The van der Waals surface area contributed by atoms with E-state index >= 15 is 0 Å². The number of sulfonamides is 1. The summed E-state index contributed by atoms with van der Waals surface area (Å²) in [7, 11) is -3.74. The van der Waals surface area contributed by atoms with Crippen molar-refractivity contribution >= 4 is 33.5 Å². The predicted octanol–water partition coefficient (Wildman–Crippen LogP) is 2.83. The van der Waals surface area contributed by atoms with Crippen LogP contribution in [-0.2, 0) is 19.6 Å². The van der Waals surface area contributed by atoms with Crippen molar-refractivity contribution in [3.8, 4) is 0 Å². The van der Waals surface area contributed by atoms with Crippen LogP contribution in [0.5, 0.6) is 0 Å². The van der Waals surface area contributed by atoms with Gasteiger partial charge in [0.1, 0.15) is 0 Å². The normalized spacial score (nSPS) is 11.7. The van der Waals surface area contributed by atoms with Crippen molar-refractivity contribution < 1.29 is 22.7 Å². The number of hydrogen-bond donors (Lipinski definition) is 1. The summed E-state index contributed by atoms with van der Waals surface area (Å²) in [4.78, 5) is 24.1. The van der Waals surface area contributed by atoms with Crippen molar-refractivity contribution in [2.45, 2.75) is 51.5 Å². The van der Waals surface area contributed by atoms with Crippen molar-refractivity contribution in [1.29, 1.82) is 0 Å². The first-order valence-electron chi connectivity index (χ1n) is 8.97. The van der Waals surface area contributed by atoms with E-state index in [-0.39, 0.29) is 21.5 Å². The van der Waals surface area contributed by atoms with E-state index in [4.69, 9.17) is 16.3 Å². The quantitative estimate of drug-likeness (QED) is 0.590. The summed E-state index contributed by atoms with van der Waals surface area (Å²) in [5.41, 5.74) is -0.0970. The number of halogens is 1. The molecule has 1 N–H and O–H groups in total. The third kappa shape index (κ3) is 6.19. The fraction of sp³-hybridized carbons (Fsp3) is 0.556. The van der Waals surface area contributed by atoms with Gasteiger partial charge in [-0.25, -0.2) is 13.2 Å². The summed E-state index contributed by atoms with van der Waals surface area (Å²) < 4.78 is 31.5. The average molecular weight is 419 g/mol. The summed E-state index contributed by atoms with van der Waals surface area (Å²) in [6.45, 7) is 7.49. The molecule has 0 saturated heterocycles. The molecular weight excluding hydrogens is 392 g/mol. The van der Waals surface area contributed by atoms with Gasteiger partial charge >= 0.3 is 5.97 Å². The van der Waals surface area contributed by atoms with Gasteiger partial charge in [0.25, 0.3) is 5.91 Å². The molecule has 0 aliphatic carbocycles. The van der Waals surface area contributed by atoms with E-state index in [1.54, 1.807) is 13.8 Å². The molecular formula is C18H27ClN2O5S. The van der Waals surface area contributed by atoms with E-state index in [0.717, 1.165) is 12.8 Å². The van der Waals surface area contributed by atoms with E-state index in [0.29, 0.717) is 13.1 Å². The largest absolute Gasteiger partial charge is 0.452 e. The summed E-state index contributed by atoms with van der Waals surface area (Å²) in [5, 5.41) is 2.81. The number of rotatable bonds is 10. The van der Waals surface area contributed by atoms with Crippen molar-refractivity contribution in [3.63, 3.8) is 0 Å². The number of amides is 1. The van der Waals surface area contributed by atoms with E-state index in [1.807, 2.05) is 13.8 Å². The van der Waals surface area contributed by atoms with Crippen LogP contribution in [0.4, 0.5) is 0 Å². The molecule has 0 radical (unpaired) electrons. The molecule has 0 aromatic heterocycles. The number of nitrogens with one attached hydrogen (secondary N) is 1. The Labute approximate surface area is 166 Å². The Morgan fingerprint density at radius 1 is 1.15 bits per heavy atom. The van der Waals surface area contributed by atoms with Crippen molar-refractivity contribution in [2.24, 2.45) is 0 Å². The minimum atomic E-state index is -3.74. The molecule has 0 spiro atoms. The fourth-order valence-corrected chi connectivity index (χ4v) is 4.18. The van der Waals surface area contributed by atoms with Gasteiger partial charge in [0, 0.05) is 19.1 Å². The molecule has 152 valence electrons. The SMILES string of the molecule is CCC(CC)NC(=O)COC(=O)c1cc(S(=O)(=O)N(CC)CC)ccc1Cl. The Morgan fingerprint density at radius 3 is 2.26 bits per heavy atom. The van der Waals surface area contributed by atoms with Crippen molar-refractivity contribution in [2.75, 3.05) is 19.7 Å². The lowest BCUT2D eigenvalue weighted by Crippen LogP contribution is -2.36. The Bertz CT molecular complexity index is 759. The van der Waals surface area contributed by atoms with Crippen molar-refractivity contribution in [3.05, 3.63) is 28.8 Å². The third-order valence-corrected chi connectivity index (χ3v) is 6.56. The smallest absolute Gasteiger partial charge is 0.340 e. The Hall–Kier alpha value is -1.64. The van der Waals surface area contributed by atoms with Gasteiger partial charge in [0.15, 0.2) is 6.61 Å². The second kappa shape index (κ2) is 10.6. The van der Waals surface area contributed by atoms with Crippen LogP contribution in [0.25, 0.3) is 0 Å². The van der Waals surface area contributed by atoms with E-state index < -0.39 is 28.5 Å². The van der Waals surface area contributed by atoms with Gasteiger partial charge in [-0.15, -0.1) is 0 Å². The van der Waals surface area contributed by atoms with Crippen LogP contribution < -0.4 is 5.32 Å². The number of benzene rings is 1. The van der Waals surface area contributed by atoms with Gasteiger partial charge < -0.3 is 10.1 Å². The molecule has 1 rings (SSSR count). The standard InChI is InChI=1S/C18H27ClN2O5S/c1-5-13(6-2)20-17(22)12-26-18(23)15-11-14(9-10-16(15)19)27(24,25)21(7-3)8-4/h9-11,13H,5-8,12H2,1-4H3,(H,20,22). The van der Waals surface area contributed by atoms with Crippen LogP contribution in [0, 0.1) is 0 Å².